The number of primary amides is 1. The standard InChI is InChI=1S/C19H19ClN4O3S/c1-24-9-8-13-14(10-24)28-19(17(13)18(21)27)23-16(26)7-6-15(25)22-12-4-2-11(20)3-5-12/h2-7H,8-10H2,1H3,(H2,21,27)(H,22,25)(H,23,26)/b7-6+. The lowest BCUT2D eigenvalue weighted by Crippen LogP contribution is -2.27. The van der Waals surface area contributed by atoms with Crippen molar-refractivity contribution in [3.05, 3.63) is 57.4 Å². The van der Waals surface area contributed by atoms with Crippen LogP contribution in [0.3, 0.4) is 0 Å². The summed E-state index contributed by atoms with van der Waals surface area (Å²) in [6.07, 6.45) is 2.94. The molecule has 0 fully saturated rings. The van der Waals surface area contributed by atoms with Crippen LogP contribution in [-0.4, -0.2) is 36.2 Å². The third-order valence-corrected chi connectivity index (χ3v) is 5.61. The molecular weight excluding hydrogens is 400 g/mol. The lowest BCUT2D eigenvalue weighted by atomic mass is 10.0. The van der Waals surface area contributed by atoms with Crippen LogP contribution in [0, 0.1) is 0 Å². The van der Waals surface area contributed by atoms with Crippen LogP contribution in [0.5, 0.6) is 0 Å². The summed E-state index contributed by atoms with van der Waals surface area (Å²) in [5.41, 5.74) is 7.34. The van der Waals surface area contributed by atoms with E-state index in [0.717, 1.165) is 29.1 Å². The molecular formula is C19H19ClN4O3S. The van der Waals surface area contributed by atoms with Gasteiger partial charge in [0.25, 0.3) is 5.91 Å². The minimum atomic E-state index is -0.568. The van der Waals surface area contributed by atoms with Crippen LogP contribution in [0.4, 0.5) is 10.7 Å². The number of likely N-dealkylation sites (N-methyl/N-ethyl adjacent to an activating group) is 1. The Balaban J connectivity index is 1.67. The van der Waals surface area contributed by atoms with Crippen molar-refractivity contribution in [2.24, 2.45) is 5.73 Å². The number of amides is 3. The number of thiophene rings is 1. The van der Waals surface area contributed by atoms with Crippen molar-refractivity contribution in [3.63, 3.8) is 0 Å². The number of nitrogens with two attached hydrogens (primary N) is 1. The fourth-order valence-electron chi connectivity index (χ4n) is 2.90. The SMILES string of the molecule is CN1CCc2c(sc(NC(=O)/C=C/C(=O)Nc3ccc(Cl)cc3)c2C(N)=O)C1. The number of hydrogen-bond donors (Lipinski definition) is 3. The molecule has 146 valence electrons. The predicted octanol–water partition coefficient (Wildman–Crippen LogP) is 2.62. The van der Waals surface area contributed by atoms with Gasteiger partial charge in [-0.1, -0.05) is 11.6 Å². The monoisotopic (exact) mass is 418 g/mol. The largest absolute Gasteiger partial charge is 0.365 e. The first-order valence-corrected chi connectivity index (χ1v) is 9.71. The molecule has 3 rings (SSSR count). The zero-order valence-corrected chi connectivity index (χ0v) is 16.7. The van der Waals surface area contributed by atoms with Crippen molar-refractivity contribution < 1.29 is 14.4 Å². The minimum Gasteiger partial charge on any atom is -0.365 e. The Bertz CT molecular complexity index is 953. The maximum atomic E-state index is 12.2. The molecule has 0 unspecified atom stereocenters. The number of carbonyl (C=O) groups excluding carboxylic acids is 3. The summed E-state index contributed by atoms with van der Waals surface area (Å²) in [5.74, 6) is -1.54. The number of nitrogens with one attached hydrogen (secondary N) is 2. The molecule has 1 aliphatic heterocycles. The molecule has 0 saturated heterocycles. The third kappa shape index (κ3) is 4.78. The van der Waals surface area contributed by atoms with E-state index in [1.165, 1.54) is 11.3 Å². The average molecular weight is 419 g/mol. The van der Waals surface area contributed by atoms with Gasteiger partial charge in [0.05, 0.1) is 5.56 Å². The first-order chi connectivity index (χ1) is 13.3. The normalized spacial score (nSPS) is 13.9. The summed E-state index contributed by atoms with van der Waals surface area (Å²) < 4.78 is 0. The molecule has 1 aromatic heterocycles. The van der Waals surface area contributed by atoms with Crippen molar-refractivity contribution >= 4 is 51.3 Å². The van der Waals surface area contributed by atoms with Gasteiger partial charge in [0.1, 0.15) is 5.00 Å². The van der Waals surface area contributed by atoms with Gasteiger partial charge in [-0.25, -0.2) is 0 Å². The van der Waals surface area contributed by atoms with Gasteiger partial charge in [0.2, 0.25) is 11.8 Å². The van der Waals surface area contributed by atoms with E-state index in [4.69, 9.17) is 17.3 Å². The van der Waals surface area contributed by atoms with Crippen molar-refractivity contribution in [1.82, 2.24) is 4.90 Å². The summed E-state index contributed by atoms with van der Waals surface area (Å²) in [5, 5.41) is 6.26. The van der Waals surface area contributed by atoms with E-state index in [9.17, 15) is 14.4 Å². The molecule has 0 aliphatic carbocycles. The molecule has 0 saturated carbocycles. The van der Waals surface area contributed by atoms with Gasteiger partial charge in [-0.15, -0.1) is 11.3 Å². The fraction of sp³-hybridized carbons (Fsp3) is 0.211. The Hall–Kier alpha value is -2.68. The number of benzene rings is 1. The van der Waals surface area contributed by atoms with Crippen molar-refractivity contribution in [1.29, 1.82) is 0 Å². The van der Waals surface area contributed by atoms with E-state index in [2.05, 4.69) is 15.5 Å². The Morgan fingerprint density at radius 2 is 1.79 bits per heavy atom. The van der Waals surface area contributed by atoms with Gasteiger partial charge < -0.3 is 21.3 Å². The average Bonchev–Trinajstić information content (AvgIpc) is 2.99. The van der Waals surface area contributed by atoms with Crippen LogP contribution in [0.25, 0.3) is 0 Å². The summed E-state index contributed by atoms with van der Waals surface area (Å²) >= 11 is 7.13. The molecule has 1 aliphatic rings. The molecule has 0 atom stereocenters. The highest BCUT2D eigenvalue weighted by Crippen LogP contribution is 2.36. The lowest BCUT2D eigenvalue weighted by molar-refractivity contribution is -0.114. The van der Waals surface area contributed by atoms with Gasteiger partial charge in [0.15, 0.2) is 0 Å². The molecule has 9 heteroatoms. The topological polar surface area (TPSA) is 105 Å². The number of rotatable bonds is 5. The number of halogens is 1. The van der Waals surface area contributed by atoms with E-state index in [0.29, 0.717) is 34.2 Å². The van der Waals surface area contributed by atoms with Crippen molar-refractivity contribution in [2.45, 2.75) is 13.0 Å². The minimum absolute atomic E-state index is 0.362. The molecule has 4 N–H and O–H groups in total. The zero-order valence-electron chi connectivity index (χ0n) is 15.1. The summed E-state index contributed by atoms with van der Waals surface area (Å²) in [7, 11) is 1.99. The van der Waals surface area contributed by atoms with Crippen LogP contribution in [0.2, 0.25) is 5.02 Å². The maximum absolute atomic E-state index is 12.2. The highest BCUT2D eigenvalue weighted by atomic mass is 35.5. The second-order valence-electron chi connectivity index (χ2n) is 6.38. The summed E-state index contributed by atoms with van der Waals surface area (Å²) in [4.78, 5) is 39.2. The van der Waals surface area contributed by atoms with Crippen molar-refractivity contribution in [3.8, 4) is 0 Å². The van der Waals surface area contributed by atoms with Gasteiger partial charge in [-0.2, -0.15) is 0 Å². The first kappa shape index (κ1) is 20.1. The summed E-state index contributed by atoms with van der Waals surface area (Å²) in [6.45, 7) is 1.53. The van der Waals surface area contributed by atoms with Crippen LogP contribution < -0.4 is 16.4 Å². The van der Waals surface area contributed by atoms with E-state index in [1.54, 1.807) is 24.3 Å². The molecule has 0 spiro atoms. The first-order valence-electron chi connectivity index (χ1n) is 8.52. The number of carbonyl (C=O) groups is 3. The van der Waals surface area contributed by atoms with E-state index in [-0.39, 0.29) is 0 Å². The quantitative estimate of drug-likeness (QED) is 0.649. The van der Waals surface area contributed by atoms with Crippen LogP contribution >= 0.6 is 22.9 Å². The Labute approximate surface area is 171 Å². The molecule has 7 nitrogen and oxygen atoms in total. The predicted molar refractivity (Wildman–Crippen MR) is 111 cm³/mol. The van der Waals surface area contributed by atoms with E-state index in [1.807, 2.05) is 7.05 Å². The molecule has 3 amide bonds. The molecule has 2 heterocycles. The van der Waals surface area contributed by atoms with Gasteiger partial charge in [-0.05, 0) is 43.3 Å². The Kier molecular flexibility index (Phi) is 6.13. The molecule has 0 bridgehead atoms. The van der Waals surface area contributed by atoms with E-state index >= 15 is 0 Å². The second-order valence-corrected chi connectivity index (χ2v) is 7.92. The molecule has 2 aromatic rings. The van der Waals surface area contributed by atoms with Crippen molar-refractivity contribution in [2.75, 3.05) is 24.2 Å². The molecule has 1 aromatic carbocycles. The Morgan fingerprint density at radius 1 is 1.14 bits per heavy atom. The third-order valence-electron chi connectivity index (χ3n) is 4.23. The smallest absolute Gasteiger partial charge is 0.251 e. The van der Waals surface area contributed by atoms with Gasteiger partial charge in [-0.3, -0.25) is 14.4 Å². The van der Waals surface area contributed by atoms with Crippen LogP contribution in [-0.2, 0) is 22.6 Å². The highest BCUT2D eigenvalue weighted by Gasteiger charge is 2.26. The van der Waals surface area contributed by atoms with E-state index < -0.39 is 17.7 Å². The number of hydrogen-bond acceptors (Lipinski definition) is 5. The molecule has 0 radical (unpaired) electrons. The zero-order chi connectivity index (χ0) is 20.3. The van der Waals surface area contributed by atoms with Crippen LogP contribution in [0.1, 0.15) is 20.8 Å². The lowest BCUT2D eigenvalue weighted by Gasteiger charge is -2.22. The second kappa shape index (κ2) is 8.55. The number of fused-ring (bicyclic) bond motifs is 1. The Morgan fingerprint density at radius 3 is 2.43 bits per heavy atom. The van der Waals surface area contributed by atoms with Gasteiger partial charge >= 0.3 is 0 Å². The number of nitrogens with zero attached hydrogens (tertiary/aromatic N) is 1. The highest BCUT2D eigenvalue weighted by molar-refractivity contribution is 7.17. The molecule has 28 heavy (non-hydrogen) atoms. The number of anilines is 2. The fourth-order valence-corrected chi connectivity index (χ4v) is 4.36. The maximum Gasteiger partial charge on any atom is 0.251 e. The van der Waals surface area contributed by atoms with Gasteiger partial charge in [0, 0.05) is 40.8 Å². The van der Waals surface area contributed by atoms with Crippen LogP contribution in [0.15, 0.2) is 36.4 Å². The summed E-state index contributed by atoms with van der Waals surface area (Å²) in [6, 6.07) is 6.60.